The lowest BCUT2D eigenvalue weighted by molar-refractivity contribution is -0.138. The Hall–Kier alpha value is -4.31. The van der Waals surface area contributed by atoms with Crippen molar-refractivity contribution in [2.75, 3.05) is 20.7 Å². The van der Waals surface area contributed by atoms with Gasteiger partial charge in [-0.05, 0) is 74.7 Å². The number of benzene rings is 1. The van der Waals surface area contributed by atoms with Gasteiger partial charge in [0, 0.05) is 35.8 Å². The first kappa shape index (κ1) is 27.3. The smallest absolute Gasteiger partial charge is 0.354 e. The van der Waals surface area contributed by atoms with Gasteiger partial charge in [0.15, 0.2) is 23.4 Å². The summed E-state index contributed by atoms with van der Waals surface area (Å²) in [7, 11) is 3.91. The molecule has 7 rings (SSSR count). The second-order valence-electron chi connectivity index (χ2n) is 10.3. The summed E-state index contributed by atoms with van der Waals surface area (Å²) in [5.74, 6) is 0.478. The molecule has 2 aliphatic carbocycles. The highest BCUT2D eigenvalue weighted by Crippen LogP contribution is 2.63. The molecule has 10 nitrogen and oxygen atoms in total. The number of piperidine rings is 1. The third kappa shape index (κ3) is 4.68. The molecule has 2 fully saturated rings. The molecule has 10 heteroatoms. The van der Waals surface area contributed by atoms with Crippen molar-refractivity contribution in [2.45, 2.75) is 43.2 Å². The van der Waals surface area contributed by atoms with E-state index >= 15 is 0 Å². The van der Waals surface area contributed by atoms with Gasteiger partial charge in [-0.3, -0.25) is 4.79 Å². The van der Waals surface area contributed by atoms with Crippen molar-refractivity contribution < 1.29 is 34.1 Å². The van der Waals surface area contributed by atoms with Gasteiger partial charge in [0.05, 0.1) is 7.11 Å². The highest BCUT2D eigenvalue weighted by atomic mass is 16.5. The molecule has 2 aliphatic heterocycles. The molecule has 0 radical (unpaired) electrons. The molecule has 1 saturated carbocycles. The molecule has 1 aromatic carbocycles. The van der Waals surface area contributed by atoms with E-state index in [2.05, 4.69) is 28.0 Å². The van der Waals surface area contributed by atoms with Crippen LogP contribution in [-0.2, 0) is 16.6 Å². The van der Waals surface area contributed by atoms with Gasteiger partial charge in [0.2, 0.25) is 0 Å². The quantitative estimate of drug-likeness (QED) is 0.503. The SMILES string of the molecule is COc1ccc2c3c1O[C@H]1C(=O)CC[C@H]4[C@@H](C2)N(C)CC[C@]314.O=C(O)c1ccccn1.O=C(O)c1ccccn1. The number of Topliss-reactive ketones (excluding diaryl/α,β-unsaturated/α-hetero) is 1. The molecule has 2 N–H and O–H groups in total. The predicted octanol–water partition coefficient (Wildman–Crippen LogP) is 3.49. The van der Waals surface area contributed by atoms with Crippen molar-refractivity contribution in [3.63, 3.8) is 0 Å². The fraction of sp³-hybridized carbons (Fsp3) is 0.367. The highest BCUT2D eigenvalue weighted by molar-refractivity contribution is 5.89. The van der Waals surface area contributed by atoms with E-state index in [1.165, 1.54) is 35.7 Å². The third-order valence-electron chi connectivity index (χ3n) is 8.36. The summed E-state index contributed by atoms with van der Waals surface area (Å²) in [4.78, 5) is 42.6. The molecule has 2 bridgehead atoms. The predicted molar refractivity (Wildman–Crippen MR) is 144 cm³/mol. The lowest BCUT2D eigenvalue weighted by atomic mass is 9.52. The number of likely N-dealkylation sites (tertiary alicyclic amines) is 1. The summed E-state index contributed by atoms with van der Waals surface area (Å²) in [6, 6.07) is 14.2. The summed E-state index contributed by atoms with van der Waals surface area (Å²) in [5, 5.41) is 16.6. The first-order valence-corrected chi connectivity index (χ1v) is 13.2. The number of methoxy groups -OCH3 is 1. The summed E-state index contributed by atoms with van der Waals surface area (Å²) in [6.07, 6.45) is 6.37. The molecule has 0 unspecified atom stereocenters. The largest absolute Gasteiger partial charge is 0.493 e. The van der Waals surface area contributed by atoms with Gasteiger partial charge < -0.3 is 24.6 Å². The van der Waals surface area contributed by atoms with Gasteiger partial charge in [-0.15, -0.1) is 0 Å². The van der Waals surface area contributed by atoms with E-state index in [4.69, 9.17) is 19.7 Å². The molecular formula is C30H31N3O7. The summed E-state index contributed by atoms with van der Waals surface area (Å²) in [6.45, 7) is 1.05. The molecule has 1 saturated heterocycles. The van der Waals surface area contributed by atoms with Gasteiger partial charge in [0.25, 0.3) is 0 Å². The van der Waals surface area contributed by atoms with Crippen LogP contribution in [0.2, 0.25) is 0 Å². The van der Waals surface area contributed by atoms with Crippen LogP contribution in [0.1, 0.15) is 51.4 Å². The van der Waals surface area contributed by atoms with Gasteiger partial charge in [-0.1, -0.05) is 18.2 Å². The fourth-order valence-electron chi connectivity index (χ4n) is 6.65. The second-order valence-corrected chi connectivity index (χ2v) is 10.3. The molecule has 1 spiro atoms. The lowest BCUT2D eigenvalue weighted by Crippen LogP contribution is -2.65. The molecular weight excluding hydrogens is 514 g/mol. The molecule has 4 atom stereocenters. The van der Waals surface area contributed by atoms with Crippen molar-refractivity contribution in [1.29, 1.82) is 0 Å². The van der Waals surface area contributed by atoms with E-state index in [-0.39, 0.29) is 28.7 Å². The van der Waals surface area contributed by atoms with E-state index in [0.29, 0.717) is 18.4 Å². The Balaban J connectivity index is 0.000000149. The molecule has 4 heterocycles. The van der Waals surface area contributed by atoms with E-state index in [1.54, 1.807) is 31.4 Å². The maximum Gasteiger partial charge on any atom is 0.354 e. The first-order chi connectivity index (χ1) is 19.3. The summed E-state index contributed by atoms with van der Waals surface area (Å²) in [5.41, 5.74) is 2.74. The lowest BCUT2D eigenvalue weighted by Gasteiger charge is -2.57. The minimum absolute atomic E-state index is 0.0810. The Bertz CT molecular complexity index is 1370. The van der Waals surface area contributed by atoms with Crippen molar-refractivity contribution >= 4 is 17.7 Å². The van der Waals surface area contributed by atoms with Gasteiger partial charge >= 0.3 is 11.9 Å². The third-order valence-corrected chi connectivity index (χ3v) is 8.36. The zero-order chi connectivity index (χ0) is 28.4. The van der Waals surface area contributed by atoms with Crippen molar-refractivity contribution in [3.8, 4) is 11.5 Å². The van der Waals surface area contributed by atoms with E-state index in [9.17, 15) is 14.4 Å². The second kappa shape index (κ2) is 11.1. The van der Waals surface area contributed by atoms with Crippen LogP contribution in [0.5, 0.6) is 11.5 Å². The molecule has 4 aliphatic rings. The van der Waals surface area contributed by atoms with Crippen LogP contribution in [0.25, 0.3) is 0 Å². The number of rotatable bonds is 3. The zero-order valence-corrected chi connectivity index (χ0v) is 22.3. The number of pyridine rings is 2. The van der Waals surface area contributed by atoms with E-state index in [1.807, 2.05) is 6.07 Å². The van der Waals surface area contributed by atoms with Gasteiger partial charge in [-0.25, -0.2) is 19.6 Å². The van der Waals surface area contributed by atoms with Gasteiger partial charge in [-0.2, -0.15) is 0 Å². The standard InChI is InChI=1S/C18H21NO3.2C6H5NO2/c1-19-8-7-18-11-4-5-13(20)17(18)22-16-14(21-2)6-3-10(15(16)18)9-12(11)19;2*8-6(9)5-3-1-2-4-7-5/h3,6,11-12,17H,4-5,7-9H2,1-2H3;2*1-4H,(H,8,9)/t11-,12+,17-,18-;;/m0../s1. The molecule has 2 aromatic heterocycles. The number of aromatic nitrogens is 2. The highest BCUT2D eigenvalue weighted by Gasteiger charge is 2.65. The number of aromatic carboxylic acids is 2. The Labute approximate surface area is 231 Å². The van der Waals surface area contributed by atoms with Crippen LogP contribution < -0.4 is 9.47 Å². The summed E-state index contributed by atoms with van der Waals surface area (Å²) >= 11 is 0. The van der Waals surface area contributed by atoms with Crippen LogP contribution in [0, 0.1) is 5.92 Å². The number of ether oxygens (including phenoxy) is 2. The Morgan fingerprint density at radius 3 is 2.20 bits per heavy atom. The number of carboxylic acid groups (broad SMARTS) is 2. The number of carbonyl (C=O) groups excluding carboxylic acids is 1. The minimum Gasteiger partial charge on any atom is -0.493 e. The summed E-state index contributed by atoms with van der Waals surface area (Å²) < 4.78 is 11.8. The number of nitrogens with zero attached hydrogens (tertiary/aromatic N) is 3. The molecule has 0 amide bonds. The first-order valence-electron chi connectivity index (χ1n) is 13.2. The van der Waals surface area contributed by atoms with Crippen LogP contribution >= 0.6 is 0 Å². The van der Waals surface area contributed by atoms with Crippen molar-refractivity contribution in [3.05, 3.63) is 83.4 Å². The Morgan fingerprint density at radius 1 is 1.02 bits per heavy atom. The topological polar surface area (TPSA) is 139 Å². The van der Waals surface area contributed by atoms with Crippen molar-refractivity contribution in [2.24, 2.45) is 5.92 Å². The number of carboxylic acids is 2. The molecule has 208 valence electrons. The number of carbonyl (C=O) groups is 3. The number of likely N-dealkylation sites (N-methyl/N-ethyl adjacent to an activating group) is 1. The van der Waals surface area contributed by atoms with Crippen LogP contribution in [0.3, 0.4) is 0 Å². The Morgan fingerprint density at radius 2 is 1.68 bits per heavy atom. The number of hydrogen-bond donors (Lipinski definition) is 2. The minimum atomic E-state index is -0.990. The average molecular weight is 546 g/mol. The van der Waals surface area contributed by atoms with E-state index in [0.717, 1.165) is 37.3 Å². The van der Waals surface area contributed by atoms with Crippen LogP contribution in [0.15, 0.2) is 60.9 Å². The van der Waals surface area contributed by atoms with Crippen LogP contribution in [0.4, 0.5) is 0 Å². The van der Waals surface area contributed by atoms with Crippen LogP contribution in [-0.4, -0.2) is 75.7 Å². The number of hydrogen-bond acceptors (Lipinski definition) is 8. The number of ketones is 1. The maximum atomic E-state index is 12.6. The molecule has 40 heavy (non-hydrogen) atoms. The fourth-order valence-corrected chi connectivity index (χ4v) is 6.65. The maximum absolute atomic E-state index is 12.6. The monoisotopic (exact) mass is 545 g/mol. The van der Waals surface area contributed by atoms with Gasteiger partial charge in [0.1, 0.15) is 11.4 Å². The van der Waals surface area contributed by atoms with E-state index < -0.39 is 11.9 Å². The van der Waals surface area contributed by atoms with Crippen molar-refractivity contribution in [1.82, 2.24) is 14.9 Å². The normalized spacial score (nSPS) is 25.1. The zero-order valence-electron chi connectivity index (χ0n) is 22.3. The molecule has 3 aromatic rings. The average Bonchev–Trinajstić information content (AvgIpc) is 3.33. The Kier molecular flexibility index (Phi) is 7.53.